The Morgan fingerprint density at radius 2 is 1.78 bits per heavy atom. The molecule has 1 heterocycles. The lowest BCUT2D eigenvalue weighted by atomic mass is 10.1. The molecule has 0 aliphatic carbocycles. The van der Waals surface area contributed by atoms with Gasteiger partial charge in [-0.2, -0.15) is 0 Å². The molecule has 1 aromatic rings. The molecule has 1 rings (SSSR count). The number of carbonyl (C=O) groups is 1. The smallest absolute Gasteiger partial charge is 0.271 e. The van der Waals surface area contributed by atoms with Crippen LogP contribution in [-0.4, -0.2) is 33.9 Å². The maximum atomic E-state index is 12.3. The number of hydrogen-bond acceptors (Lipinski definition) is 2. The van der Waals surface area contributed by atoms with Gasteiger partial charge in [0.15, 0.2) is 0 Å². The van der Waals surface area contributed by atoms with Gasteiger partial charge in [0, 0.05) is 13.1 Å². The van der Waals surface area contributed by atoms with Gasteiger partial charge >= 0.3 is 0 Å². The lowest BCUT2D eigenvalue weighted by Crippen LogP contribution is -2.34. The molecule has 0 spiro atoms. The molecule has 0 aromatic carbocycles. The van der Waals surface area contributed by atoms with Gasteiger partial charge in [0.05, 0.1) is 12.5 Å². The summed E-state index contributed by atoms with van der Waals surface area (Å²) in [6.45, 7) is 10.4. The first-order valence-electron chi connectivity index (χ1n) is 6.78. The van der Waals surface area contributed by atoms with E-state index in [-0.39, 0.29) is 5.91 Å². The summed E-state index contributed by atoms with van der Waals surface area (Å²) in [5.74, 6) is 1.29. The molecule has 0 saturated heterocycles. The largest absolute Gasteiger partial charge is 0.341 e. The number of carbonyl (C=O) groups excluding carboxylic acids is 1. The predicted molar refractivity (Wildman–Crippen MR) is 73.4 cm³/mol. The molecule has 1 N–H and O–H groups in total. The van der Waals surface area contributed by atoms with Crippen molar-refractivity contribution in [1.29, 1.82) is 0 Å². The van der Waals surface area contributed by atoms with E-state index in [1.54, 1.807) is 12.5 Å². The minimum absolute atomic E-state index is 0.0637. The zero-order valence-electron chi connectivity index (χ0n) is 11.9. The molecule has 0 aliphatic heterocycles. The first-order chi connectivity index (χ1) is 8.50. The first-order valence-corrected chi connectivity index (χ1v) is 6.78. The molecule has 0 unspecified atom stereocenters. The SMILES string of the molecule is CC(C)CCN(CCC(C)C)C(=O)c1cnc[nH]1. The van der Waals surface area contributed by atoms with Crippen molar-refractivity contribution in [2.45, 2.75) is 40.5 Å². The Morgan fingerprint density at radius 1 is 1.22 bits per heavy atom. The molecular formula is C14H25N3O. The standard InChI is InChI=1S/C14H25N3O/c1-11(2)5-7-17(8-6-12(3)4)14(18)13-9-15-10-16-13/h9-12H,5-8H2,1-4H3,(H,15,16). The Labute approximate surface area is 110 Å². The Hall–Kier alpha value is -1.32. The van der Waals surface area contributed by atoms with Gasteiger partial charge in [-0.3, -0.25) is 4.79 Å². The van der Waals surface area contributed by atoms with E-state index in [1.165, 1.54) is 0 Å². The van der Waals surface area contributed by atoms with Crippen LogP contribution in [0.25, 0.3) is 0 Å². The minimum atomic E-state index is 0.0637. The van der Waals surface area contributed by atoms with Gasteiger partial charge in [-0.15, -0.1) is 0 Å². The Bertz CT molecular complexity index is 332. The van der Waals surface area contributed by atoms with Crippen LogP contribution in [0.5, 0.6) is 0 Å². The minimum Gasteiger partial charge on any atom is -0.341 e. The summed E-state index contributed by atoms with van der Waals surface area (Å²) in [5.41, 5.74) is 0.586. The number of nitrogens with one attached hydrogen (secondary N) is 1. The van der Waals surface area contributed by atoms with E-state index in [4.69, 9.17) is 0 Å². The molecule has 0 radical (unpaired) electrons. The topological polar surface area (TPSA) is 49.0 Å². The molecule has 102 valence electrons. The molecular weight excluding hydrogens is 226 g/mol. The number of imidazole rings is 1. The van der Waals surface area contributed by atoms with Crippen LogP contribution in [0.3, 0.4) is 0 Å². The van der Waals surface area contributed by atoms with Crippen LogP contribution >= 0.6 is 0 Å². The molecule has 0 saturated carbocycles. The highest BCUT2D eigenvalue weighted by Gasteiger charge is 2.17. The van der Waals surface area contributed by atoms with Gasteiger partial charge in [-0.05, 0) is 24.7 Å². The second-order valence-corrected chi connectivity index (χ2v) is 5.62. The lowest BCUT2D eigenvalue weighted by Gasteiger charge is -2.23. The number of H-pyrrole nitrogens is 1. The average molecular weight is 251 g/mol. The summed E-state index contributed by atoms with van der Waals surface area (Å²) < 4.78 is 0. The Balaban J connectivity index is 2.60. The summed E-state index contributed by atoms with van der Waals surface area (Å²) in [4.78, 5) is 21.0. The summed E-state index contributed by atoms with van der Waals surface area (Å²) >= 11 is 0. The van der Waals surface area contributed by atoms with Crippen LogP contribution in [0.4, 0.5) is 0 Å². The third-order valence-electron chi connectivity index (χ3n) is 2.97. The highest BCUT2D eigenvalue weighted by Crippen LogP contribution is 2.09. The van der Waals surface area contributed by atoms with Crippen LogP contribution in [0.1, 0.15) is 51.0 Å². The van der Waals surface area contributed by atoms with E-state index < -0.39 is 0 Å². The summed E-state index contributed by atoms with van der Waals surface area (Å²) in [6, 6.07) is 0. The number of hydrogen-bond donors (Lipinski definition) is 1. The average Bonchev–Trinajstić information content (AvgIpc) is 2.81. The van der Waals surface area contributed by atoms with Crippen molar-refractivity contribution < 1.29 is 4.79 Å². The maximum Gasteiger partial charge on any atom is 0.271 e. The Kier molecular flexibility index (Phi) is 5.89. The third kappa shape index (κ3) is 4.90. The molecule has 0 aliphatic rings. The predicted octanol–water partition coefficient (Wildman–Crippen LogP) is 2.94. The molecule has 0 atom stereocenters. The number of rotatable bonds is 7. The number of amides is 1. The second-order valence-electron chi connectivity index (χ2n) is 5.62. The van der Waals surface area contributed by atoms with E-state index in [0.29, 0.717) is 17.5 Å². The van der Waals surface area contributed by atoms with E-state index in [9.17, 15) is 4.79 Å². The van der Waals surface area contributed by atoms with Gasteiger partial charge in [0.2, 0.25) is 0 Å². The molecule has 18 heavy (non-hydrogen) atoms. The fourth-order valence-corrected chi connectivity index (χ4v) is 1.69. The quantitative estimate of drug-likeness (QED) is 0.810. The van der Waals surface area contributed by atoms with Crippen molar-refractivity contribution in [3.63, 3.8) is 0 Å². The van der Waals surface area contributed by atoms with Crippen LogP contribution in [0.2, 0.25) is 0 Å². The molecule has 4 heteroatoms. The van der Waals surface area contributed by atoms with Crippen LogP contribution in [0.15, 0.2) is 12.5 Å². The van der Waals surface area contributed by atoms with Gasteiger partial charge in [0.1, 0.15) is 5.69 Å². The molecule has 1 amide bonds. The van der Waals surface area contributed by atoms with E-state index in [0.717, 1.165) is 25.9 Å². The number of aromatic amines is 1. The summed E-state index contributed by atoms with van der Waals surface area (Å²) in [6.07, 6.45) is 5.23. The molecule has 1 aromatic heterocycles. The van der Waals surface area contributed by atoms with E-state index in [2.05, 4.69) is 37.7 Å². The van der Waals surface area contributed by atoms with E-state index >= 15 is 0 Å². The summed E-state index contributed by atoms with van der Waals surface area (Å²) in [7, 11) is 0. The zero-order chi connectivity index (χ0) is 13.5. The van der Waals surface area contributed by atoms with Gasteiger partial charge in [-0.1, -0.05) is 27.7 Å². The van der Waals surface area contributed by atoms with Crippen molar-refractivity contribution in [2.75, 3.05) is 13.1 Å². The fraction of sp³-hybridized carbons (Fsp3) is 0.714. The van der Waals surface area contributed by atoms with Gasteiger partial charge in [0.25, 0.3) is 5.91 Å². The summed E-state index contributed by atoms with van der Waals surface area (Å²) in [5, 5.41) is 0. The van der Waals surface area contributed by atoms with Crippen molar-refractivity contribution >= 4 is 5.91 Å². The number of nitrogens with zero attached hydrogens (tertiary/aromatic N) is 2. The van der Waals surface area contributed by atoms with Crippen molar-refractivity contribution in [3.8, 4) is 0 Å². The molecule has 4 nitrogen and oxygen atoms in total. The van der Waals surface area contributed by atoms with Crippen LogP contribution < -0.4 is 0 Å². The monoisotopic (exact) mass is 251 g/mol. The first kappa shape index (κ1) is 14.7. The highest BCUT2D eigenvalue weighted by molar-refractivity contribution is 5.92. The highest BCUT2D eigenvalue weighted by atomic mass is 16.2. The van der Waals surface area contributed by atoms with Crippen molar-refractivity contribution in [1.82, 2.24) is 14.9 Å². The van der Waals surface area contributed by atoms with E-state index in [1.807, 2.05) is 4.90 Å². The van der Waals surface area contributed by atoms with Crippen molar-refractivity contribution in [3.05, 3.63) is 18.2 Å². The van der Waals surface area contributed by atoms with Crippen molar-refractivity contribution in [2.24, 2.45) is 11.8 Å². The van der Waals surface area contributed by atoms with Crippen LogP contribution in [0, 0.1) is 11.8 Å². The van der Waals surface area contributed by atoms with Gasteiger partial charge in [-0.25, -0.2) is 4.98 Å². The van der Waals surface area contributed by atoms with Gasteiger partial charge < -0.3 is 9.88 Å². The molecule has 0 fully saturated rings. The van der Waals surface area contributed by atoms with Crippen LogP contribution in [-0.2, 0) is 0 Å². The lowest BCUT2D eigenvalue weighted by molar-refractivity contribution is 0.0735. The normalized spacial score (nSPS) is 11.2. The molecule has 0 bridgehead atoms. The Morgan fingerprint density at radius 3 is 2.17 bits per heavy atom. The second kappa shape index (κ2) is 7.19. The zero-order valence-corrected chi connectivity index (χ0v) is 11.9. The number of aromatic nitrogens is 2. The maximum absolute atomic E-state index is 12.3. The fourth-order valence-electron chi connectivity index (χ4n) is 1.69. The third-order valence-corrected chi connectivity index (χ3v) is 2.97.